The average molecular weight is 256 g/mol. The van der Waals surface area contributed by atoms with Crippen LogP contribution < -0.4 is 5.73 Å². The maximum atomic E-state index is 9.69. The predicted molar refractivity (Wildman–Crippen MR) is 77.4 cm³/mol. The smallest absolute Gasteiger partial charge is 0.0602 e. The lowest BCUT2D eigenvalue weighted by molar-refractivity contribution is 0.0796. The summed E-state index contributed by atoms with van der Waals surface area (Å²) in [6.07, 6.45) is 1.22. The normalized spacial score (nSPS) is 26.3. The molecule has 3 nitrogen and oxygen atoms in total. The molecule has 1 aliphatic rings. The van der Waals surface area contributed by atoms with Gasteiger partial charge >= 0.3 is 0 Å². The van der Waals surface area contributed by atoms with Gasteiger partial charge in [0, 0.05) is 18.6 Å². The van der Waals surface area contributed by atoms with Gasteiger partial charge in [-0.25, -0.2) is 0 Å². The van der Waals surface area contributed by atoms with Gasteiger partial charge in [0.25, 0.3) is 0 Å². The van der Waals surface area contributed by atoms with E-state index in [1.165, 1.54) is 6.42 Å². The minimum atomic E-state index is 0.0150. The highest BCUT2D eigenvalue weighted by Crippen LogP contribution is 2.35. The van der Waals surface area contributed by atoms with Crippen LogP contribution in [0, 0.1) is 16.7 Å². The molecular formula is C15H32N2O. The van der Waals surface area contributed by atoms with Gasteiger partial charge in [0.15, 0.2) is 0 Å². The minimum Gasteiger partial charge on any atom is -0.395 e. The van der Waals surface area contributed by atoms with Crippen molar-refractivity contribution in [1.82, 2.24) is 4.90 Å². The maximum Gasteiger partial charge on any atom is 0.0602 e. The van der Waals surface area contributed by atoms with E-state index >= 15 is 0 Å². The molecule has 108 valence electrons. The highest BCUT2D eigenvalue weighted by molar-refractivity contribution is 4.94. The van der Waals surface area contributed by atoms with Crippen LogP contribution in [-0.4, -0.2) is 41.8 Å². The van der Waals surface area contributed by atoms with Crippen LogP contribution in [0.25, 0.3) is 0 Å². The summed E-state index contributed by atoms with van der Waals surface area (Å²) in [4.78, 5) is 2.39. The Morgan fingerprint density at radius 1 is 1.22 bits per heavy atom. The number of rotatable bonds is 3. The van der Waals surface area contributed by atoms with Gasteiger partial charge in [0.1, 0.15) is 0 Å². The van der Waals surface area contributed by atoms with Crippen molar-refractivity contribution in [3.05, 3.63) is 0 Å². The molecule has 1 heterocycles. The first-order chi connectivity index (χ1) is 8.07. The van der Waals surface area contributed by atoms with E-state index in [0.717, 1.165) is 13.1 Å². The molecule has 1 rings (SSSR count). The van der Waals surface area contributed by atoms with Crippen molar-refractivity contribution in [3.8, 4) is 0 Å². The van der Waals surface area contributed by atoms with Crippen LogP contribution in [0.4, 0.5) is 0 Å². The van der Waals surface area contributed by atoms with E-state index in [1.54, 1.807) is 0 Å². The summed E-state index contributed by atoms with van der Waals surface area (Å²) in [6.45, 7) is 15.7. The number of aliphatic hydroxyl groups excluding tert-OH is 1. The van der Waals surface area contributed by atoms with Gasteiger partial charge in [0.2, 0.25) is 0 Å². The maximum absolute atomic E-state index is 9.69. The lowest BCUT2D eigenvalue weighted by Gasteiger charge is -2.39. The molecule has 0 radical (unpaired) electrons. The minimum absolute atomic E-state index is 0.0150. The first-order valence-electron chi connectivity index (χ1n) is 7.18. The Kier molecular flexibility index (Phi) is 4.85. The van der Waals surface area contributed by atoms with Crippen LogP contribution >= 0.6 is 0 Å². The van der Waals surface area contributed by atoms with Gasteiger partial charge in [-0.3, -0.25) is 4.90 Å². The summed E-state index contributed by atoms with van der Waals surface area (Å²) in [5.74, 6) is 0.707. The zero-order chi connectivity index (χ0) is 14.1. The zero-order valence-corrected chi connectivity index (χ0v) is 13.0. The second-order valence-electron chi connectivity index (χ2n) is 7.99. The van der Waals surface area contributed by atoms with Crippen molar-refractivity contribution in [2.75, 3.05) is 19.7 Å². The van der Waals surface area contributed by atoms with Crippen LogP contribution in [0.3, 0.4) is 0 Å². The molecule has 1 saturated heterocycles. The Labute approximate surface area is 113 Å². The van der Waals surface area contributed by atoms with Crippen molar-refractivity contribution in [2.45, 2.75) is 60.0 Å². The van der Waals surface area contributed by atoms with Crippen LogP contribution in [0.15, 0.2) is 0 Å². The molecule has 0 bridgehead atoms. The van der Waals surface area contributed by atoms with Crippen LogP contribution in [-0.2, 0) is 0 Å². The molecule has 0 aromatic heterocycles. The third-order valence-corrected chi connectivity index (χ3v) is 4.52. The van der Waals surface area contributed by atoms with Gasteiger partial charge in [-0.15, -0.1) is 0 Å². The summed E-state index contributed by atoms with van der Waals surface area (Å²) in [6, 6.07) is 0.110. The number of aliphatic hydroxyl groups is 1. The standard InChI is InChI=1S/C15H32N2O/c1-14(2,3)11-7-8-17(9-11)12(10-18)13(16)15(4,5)6/h11-13,18H,7-10,16H2,1-6H3. The molecule has 1 aliphatic heterocycles. The van der Waals surface area contributed by atoms with Gasteiger partial charge < -0.3 is 10.8 Å². The van der Waals surface area contributed by atoms with Crippen LogP contribution in [0.2, 0.25) is 0 Å². The highest BCUT2D eigenvalue weighted by atomic mass is 16.3. The zero-order valence-electron chi connectivity index (χ0n) is 13.0. The van der Waals surface area contributed by atoms with E-state index in [-0.39, 0.29) is 24.1 Å². The van der Waals surface area contributed by atoms with E-state index in [4.69, 9.17) is 5.73 Å². The van der Waals surface area contributed by atoms with Gasteiger partial charge in [-0.05, 0) is 29.7 Å². The van der Waals surface area contributed by atoms with Gasteiger partial charge in [-0.1, -0.05) is 41.5 Å². The molecular weight excluding hydrogens is 224 g/mol. The molecule has 0 aromatic carbocycles. The topological polar surface area (TPSA) is 49.5 Å². The highest BCUT2D eigenvalue weighted by Gasteiger charge is 2.39. The van der Waals surface area contributed by atoms with Crippen molar-refractivity contribution in [2.24, 2.45) is 22.5 Å². The fourth-order valence-electron chi connectivity index (χ4n) is 2.83. The molecule has 0 aliphatic carbocycles. The number of hydrogen-bond donors (Lipinski definition) is 2. The average Bonchev–Trinajstić information content (AvgIpc) is 2.66. The number of nitrogens with zero attached hydrogens (tertiary/aromatic N) is 1. The number of hydrogen-bond acceptors (Lipinski definition) is 3. The Morgan fingerprint density at radius 3 is 2.11 bits per heavy atom. The SMILES string of the molecule is CC(C)(C)C1CCN(C(CO)C(N)C(C)(C)C)C1. The molecule has 3 atom stereocenters. The third kappa shape index (κ3) is 3.69. The van der Waals surface area contributed by atoms with Crippen molar-refractivity contribution in [3.63, 3.8) is 0 Å². The fourth-order valence-corrected chi connectivity index (χ4v) is 2.83. The van der Waals surface area contributed by atoms with Crippen molar-refractivity contribution in [1.29, 1.82) is 0 Å². The molecule has 3 heteroatoms. The Bertz CT molecular complexity index is 265. The summed E-state index contributed by atoms with van der Waals surface area (Å²) in [5, 5.41) is 9.69. The molecule has 3 unspecified atom stereocenters. The van der Waals surface area contributed by atoms with E-state index < -0.39 is 0 Å². The van der Waals surface area contributed by atoms with Crippen molar-refractivity contribution >= 4 is 0 Å². The molecule has 1 fully saturated rings. The van der Waals surface area contributed by atoms with E-state index in [2.05, 4.69) is 46.4 Å². The van der Waals surface area contributed by atoms with E-state index in [0.29, 0.717) is 11.3 Å². The summed E-state index contributed by atoms with van der Waals surface area (Å²) >= 11 is 0. The molecule has 0 aromatic rings. The first kappa shape index (κ1) is 15.9. The lowest BCUT2D eigenvalue weighted by atomic mass is 9.80. The predicted octanol–water partition coefficient (Wildman–Crippen LogP) is 2.09. The summed E-state index contributed by atoms with van der Waals surface area (Å²) in [7, 11) is 0. The van der Waals surface area contributed by atoms with E-state index in [9.17, 15) is 5.11 Å². The quantitative estimate of drug-likeness (QED) is 0.813. The molecule has 3 N–H and O–H groups in total. The number of likely N-dealkylation sites (tertiary alicyclic amines) is 1. The third-order valence-electron chi connectivity index (χ3n) is 4.52. The van der Waals surface area contributed by atoms with Crippen molar-refractivity contribution < 1.29 is 5.11 Å². The molecule has 0 saturated carbocycles. The molecule has 0 amide bonds. The monoisotopic (exact) mass is 256 g/mol. The number of nitrogens with two attached hydrogens (primary N) is 1. The summed E-state index contributed by atoms with van der Waals surface area (Å²) < 4.78 is 0. The second kappa shape index (κ2) is 5.48. The van der Waals surface area contributed by atoms with Crippen LogP contribution in [0.1, 0.15) is 48.0 Å². The Hall–Kier alpha value is -0.120. The largest absolute Gasteiger partial charge is 0.395 e. The summed E-state index contributed by atoms with van der Waals surface area (Å²) in [5.41, 5.74) is 6.72. The lowest BCUT2D eigenvalue weighted by Crippen LogP contribution is -2.55. The second-order valence-corrected chi connectivity index (χ2v) is 7.99. The van der Waals surface area contributed by atoms with Gasteiger partial charge in [-0.2, -0.15) is 0 Å². The molecule has 18 heavy (non-hydrogen) atoms. The first-order valence-corrected chi connectivity index (χ1v) is 7.18. The Balaban J connectivity index is 2.70. The van der Waals surface area contributed by atoms with Gasteiger partial charge in [0.05, 0.1) is 6.61 Å². The van der Waals surface area contributed by atoms with E-state index in [1.807, 2.05) is 0 Å². The van der Waals surface area contributed by atoms with Crippen LogP contribution in [0.5, 0.6) is 0 Å². The fraction of sp³-hybridized carbons (Fsp3) is 1.00. The molecule has 0 spiro atoms. The Morgan fingerprint density at radius 2 is 1.78 bits per heavy atom.